The Labute approximate surface area is 159 Å². The lowest BCUT2D eigenvalue weighted by atomic mass is 9.91. The molecule has 3 aliphatic rings. The fraction of sp³-hybridized carbons (Fsp3) is 0.571. The number of carbonyl (C=O) groups is 3. The van der Waals surface area contributed by atoms with E-state index < -0.39 is 6.04 Å². The van der Waals surface area contributed by atoms with E-state index in [9.17, 15) is 14.4 Å². The molecule has 6 nitrogen and oxygen atoms in total. The molecule has 0 aromatic heterocycles. The van der Waals surface area contributed by atoms with Gasteiger partial charge < -0.3 is 4.90 Å². The Hall–Kier alpha value is -2.21. The van der Waals surface area contributed by atoms with Gasteiger partial charge in [0.15, 0.2) is 0 Å². The topological polar surface area (TPSA) is 69.7 Å². The molecule has 0 aliphatic carbocycles. The third-order valence-electron chi connectivity index (χ3n) is 6.16. The second kappa shape index (κ2) is 6.44. The number of amides is 3. The van der Waals surface area contributed by atoms with Crippen LogP contribution in [0.4, 0.5) is 0 Å². The van der Waals surface area contributed by atoms with E-state index in [4.69, 9.17) is 0 Å². The van der Waals surface area contributed by atoms with Gasteiger partial charge in [0, 0.05) is 30.6 Å². The molecule has 1 N–H and O–H groups in total. The highest BCUT2D eigenvalue weighted by Gasteiger charge is 2.41. The molecule has 3 heterocycles. The Morgan fingerprint density at radius 3 is 2.56 bits per heavy atom. The molecule has 3 aliphatic heterocycles. The van der Waals surface area contributed by atoms with Crippen molar-refractivity contribution in [3.63, 3.8) is 0 Å². The molecule has 144 valence electrons. The standard InChI is InChI=1S/C21H27N3O3/c1-21(2,3)23-10-9-13(11-23)15-6-4-5-14-12-24(20(27)18(14)15)16-7-8-17(25)22-19(16)26/h4-6,13,16H,7-12H2,1-3H3,(H,22,25,26). The Bertz CT molecular complexity index is 811. The molecule has 0 radical (unpaired) electrons. The summed E-state index contributed by atoms with van der Waals surface area (Å²) >= 11 is 0. The van der Waals surface area contributed by atoms with Gasteiger partial charge in [0.05, 0.1) is 0 Å². The Kier molecular flexibility index (Phi) is 4.34. The summed E-state index contributed by atoms with van der Waals surface area (Å²) in [5.41, 5.74) is 3.01. The van der Waals surface area contributed by atoms with Crippen LogP contribution in [-0.4, -0.2) is 52.2 Å². The van der Waals surface area contributed by atoms with E-state index in [2.05, 4.69) is 37.1 Å². The first-order chi connectivity index (χ1) is 12.8. The van der Waals surface area contributed by atoms with Crippen molar-refractivity contribution in [2.75, 3.05) is 13.1 Å². The lowest BCUT2D eigenvalue weighted by Gasteiger charge is -2.32. The van der Waals surface area contributed by atoms with E-state index in [0.29, 0.717) is 18.9 Å². The minimum atomic E-state index is -0.551. The fourth-order valence-corrected chi connectivity index (χ4v) is 4.61. The molecule has 1 aromatic carbocycles. The van der Waals surface area contributed by atoms with Crippen LogP contribution in [0.5, 0.6) is 0 Å². The van der Waals surface area contributed by atoms with Crippen LogP contribution in [0.1, 0.15) is 67.4 Å². The van der Waals surface area contributed by atoms with E-state index in [1.54, 1.807) is 4.90 Å². The maximum atomic E-state index is 13.2. The Morgan fingerprint density at radius 2 is 1.89 bits per heavy atom. The van der Waals surface area contributed by atoms with Crippen LogP contribution in [0.15, 0.2) is 18.2 Å². The molecule has 6 heteroatoms. The number of carbonyl (C=O) groups excluding carboxylic acids is 3. The number of hydrogen-bond donors (Lipinski definition) is 1. The van der Waals surface area contributed by atoms with Crippen LogP contribution in [0.3, 0.4) is 0 Å². The van der Waals surface area contributed by atoms with Gasteiger partial charge in [0.2, 0.25) is 11.8 Å². The zero-order valence-electron chi connectivity index (χ0n) is 16.2. The maximum Gasteiger partial charge on any atom is 0.255 e. The molecule has 0 saturated carbocycles. The summed E-state index contributed by atoms with van der Waals surface area (Å²) in [6.07, 6.45) is 1.73. The molecule has 2 saturated heterocycles. The van der Waals surface area contributed by atoms with Crippen molar-refractivity contribution < 1.29 is 14.4 Å². The number of imide groups is 1. The fourth-order valence-electron chi connectivity index (χ4n) is 4.61. The number of fused-ring (bicyclic) bond motifs is 1. The van der Waals surface area contributed by atoms with Crippen molar-refractivity contribution in [2.45, 2.75) is 64.1 Å². The van der Waals surface area contributed by atoms with E-state index in [1.807, 2.05) is 12.1 Å². The number of hydrogen-bond acceptors (Lipinski definition) is 4. The summed E-state index contributed by atoms with van der Waals surface area (Å²) in [6, 6.07) is 5.53. The van der Waals surface area contributed by atoms with Crippen molar-refractivity contribution in [1.29, 1.82) is 0 Å². The minimum Gasteiger partial charge on any atom is -0.322 e. The van der Waals surface area contributed by atoms with Gasteiger partial charge in [0.1, 0.15) is 6.04 Å². The molecule has 0 bridgehead atoms. The molecule has 2 fully saturated rings. The highest BCUT2D eigenvalue weighted by Crippen LogP contribution is 2.38. The van der Waals surface area contributed by atoms with E-state index in [0.717, 1.165) is 36.2 Å². The lowest BCUT2D eigenvalue weighted by Crippen LogP contribution is -2.52. The van der Waals surface area contributed by atoms with Crippen molar-refractivity contribution >= 4 is 17.7 Å². The lowest BCUT2D eigenvalue weighted by molar-refractivity contribution is -0.136. The quantitative estimate of drug-likeness (QED) is 0.810. The summed E-state index contributed by atoms with van der Waals surface area (Å²) in [6.45, 7) is 9.10. The molecule has 0 spiro atoms. The number of piperidine rings is 1. The van der Waals surface area contributed by atoms with E-state index >= 15 is 0 Å². The van der Waals surface area contributed by atoms with Crippen molar-refractivity contribution in [3.05, 3.63) is 34.9 Å². The number of nitrogens with one attached hydrogen (secondary N) is 1. The smallest absolute Gasteiger partial charge is 0.255 e. The van der Waals surface area contributed by atoms with Gasteiger partial charge in [-0.25, -0.2) is 0 Å². The van der Waals surface area contributed by atoms with Gasteiger partial charge in [-0.1, -0.05) is 18.2 Å². The second-order valence-corrected chi connectivity index (χ2v) is 8.88. The van der Waals surface area contributed by atoms with Gasteiger partial charge in [-0.15, -0.1) is 0 Å². The first kappa shape index (κ1) is 18.2. The highest BCUT2D eigenvalue weighted by atomic mass is 16.2. The van der Waals surface area contributed by atoms with Crippen LogP contribution < -0.4 is 5.32 Å². The van der Waals surface area contributed by atoms with Gasteiger partial charge >= 0.3 is 0 Å². The van der Waals surface area contributed by atoms with Crippen molar-refractivity contribution in [1.82, 2.24) is 15.1 Å². The Morgan fingerprint density at radius 1 is 1.11 bits per heavy atom. The number of benzene rings is 1. The van der Waals surface area contributed by atoms with Gasteiger partial charge in [-0.3, -0.25) is 24.6 Å². The molecule has 1 aromatic rings. The first-order valence-electron chi connectivity index (χ1n) is 9.77. The molecule has 3 amide bonds. The summed E-state index contributed by atoms with van der Waals surface area (Å²) in [5, 5.41) is 2.37. The molecule has 2 unspecified atom stereocenters. The number of nitrogens with zero attached hydrogens (tertiary/aromatic N) is 2. The third-order valence-corrected chi connectivity index (χ3v) is 6.16. The van der Waals surface area contributed by atoms with Crippen molar-refractivity contribution in [2.24, 2.45) is 0 Å². The average molecular weight is 369 g/mol. The largest absolute Gasteiger partial charge is 0.322 e. The second-order valence-electron chi connectivity index (χ2n) is 8.88. The van der Waals surface area contributed by atoms with Gasteiger partial charge in [-0.05, 0) is 57.2 Å². The molecule has 27 heavy (non-hydrogen) atoms. The van der Waals surface area contributed by atoms with Crippen LogP contribution >= 0.6 is 0 Å². The maximum absolute atomic E-state index is 13.2. The predicted molar refractivity (Wildman–Crippen MR) is 101 cm³/mol. The van der Waals surface area contributed by atoms with Crippen LogP contribution in [0.2, 0.25) is 0 Å². The zero-order chi connectivity index (χ0) is 19.3. The number of likely N-dealkylation sites (tertiary alicyclic amines) is 1. The zero-order valence-corrected chi connectivity index (χ0v) is 16.2. The summed E-state index contributed by atoms with van der Waals surface area (Å²) in [5.74, 6) is -0.336. The Balaban J connectivity index is 1.59. The summed E-state index contributed by atoms with van der Waals surface area (Å²) < 4.78 is 0. The third kappa shape index (κ3) is 3.16. The molecule has 4 rings (SSSR count). The average Bonchev–Trinajstić information content (AvgIpc) is 3.20. The first-order valence-corrected chi connectivity index (χ1v) is 9.77. The normalized spacial score (nSPS) is 26.5. The van der Waals surface area contributed by atoms with Gasteiger partial charge in [0.25, 0.3) is 5.91 Å². The van der Waals surface area contributed by atoms with Crippen LogP contribution in [0.25, 0.3) is 0 Å². The summed E-state index contributed by atoms with van der Waals surface area (Å²) in [7, 11) is 0. The molecular formula is C21H27N3O3. The van der Waals surface area contributed by atoms with E-state index in [1.165, 1.54) is 0 Å². The van der Waals surface area contributed by atoms with Crippen LogP contribution in [0, 0.1) is 0 Å². The number of rotatable bonds is 2. The molecule has 2 atom stereocenters. The summed E-state index contributed by atoms with van der Waals surface area (Å²) in [4.78, 5) is 41.0. The highest BCUT2D eigenvalue weighted by molar-refractivity contribution is 6.06. The predicted octanol–water partition coefficient (Wildman–Crippen LogP) is 2.04. The minimum absolute atomic E-state index is 0.0655. The van der Waals surface area contributed by atoms with E-state index in [-0.39, 0.29) is 29.7 Å². The van der Waals surface area contributed by atoms with Crippen LogP contribution in [-0.2, 0) is 16.1 Å². The SMILES string of the molecule is CC(C)(C)N1CCC(c2cccc3c2C(=O)N(C2CCC(=O)NC2=O)C3)C1. The monoisotopic (exact) mass is 369 g/mol. The molecular weight excluding hydrogens is 342 g/mol. The van der Waals surface area contributed by atoms with Gasteiger partial charge in [-0.2, -0.15) is 0 Å². The van der Waals surface area contributed by atoms with Crippen molar-refractivity contribution in [3.8, 4) is 0 Å².